The van der Waals surface area contributed by atoms with Gasteiger partial charge < -0.3 is 43.9 Å². The molecule has 3 N–H and O–H groups in total. The molecule has 0 fully saturated rings. The number of aryl methyl sites for hydroxylation is 2. The number of hydrogen-bond donors (Lipinski definition) is 3. The van der Waals surface area contributed by atoms with E-state index >= 15 is 0 Å². The molecule has 1 unspecified atom stereocenters. The van der Waals surface area contributed by atoms with E-state index in [4.69, 9.17) is 14.2 Å². The molecule has 3 aromatic heterocycles. The number of nitrogens with one attached hydrogen (secondary N) is 3. The highest BCUT2D eigenvalue weighted by Gasteiger charge is 2.32. The van der Waals surface area contributed by atoms with Crippen molar-refractivity contribution in [1.82, 2.24) is 19.0 Å². The first-order valence-corrected chi connectivity index (χ1v) is 14.1. The minimum absolute atomic E-state index is 0.184. The summed E-state index contributed by atoms with van der Waals surface area (Å²) in [5.41, 5.74) is 2.95. The monoisotopic (exact) mass is 592 g/mol. The molecule has 0 bridgehead atoms. The van der Waals surface area contributed by atoms with Gasteiger partial charge in [-0.05, 0) is 37.8 Å². The predicted octanol–water partition coefficient (Wildman–Crippen LogP) is 3.44. The zero-order valence-electron chi connectivity index (χ0n) is 24.7. The van der Waals surface area contributed by atoms with Crippen molar-refractivity contribution in [3.05, 3.63) is 59.6 Å². The number of amides is 3. The van der Waals surface area contributed by atoms with Gasteiger partial charge in [-0.15, -0.1) is 0 Å². The lowest BCUT2D eigenvalue weighted by Crippen LogP contribution is -2.26. The SMILES string of the molecule is COC(=O)c1cc(NC(=O)c2cc(NC(=O)CCCOc3cn4c(c3OC)C(=O)NC3=CCCCC3C4)cn2C)cn1C. The van der Waals surface area contributed by atoms with Crippen molar-refractivity contribution < 1.29 is 33.4 Å². The van der Waals surface area contributed by atoms with Crippen LogP contribution in [-0.2, 0) is 30.2 Å². The van der Waals surface area contributed by atoms with Crippen LogP contribution in [0.4, 0.5) is 11.4 Å². The third-order valence-electron chi connectivity index (χ3n) is 7.64. The molecule has 3 amide bonds. The molecule has 3 aromatic rings. The number of ether oxygens (including phenoxy) is 3. The lowest BCUT2D eigenvalue weighted by atomic mass is 9.92. The standard InChI is InChI=1S/C30H36N6O7/c1-34-15-19(12-22(34)28(38)32-20-13-23(30(40)42-4)35(2)16-20)31-25(37)10-7-11-43-24-17-36-14-18-8-5-6-9-21(18)33-29(39)26(36)27(24)41-3/h9,12-13,15-18H,5-8,10-11,14H2,1-4H3,(H,31,37)(H,32,38)(H,33,39). The molecule has 13 nitrogen and oxygen atoms in total. The van der Waals surface area contributed by atoms with Crippen LogP contribution in [0.3, 0.4) is 0 Å². The molecular weight excluding hydrogens is 556 g/mol. The van der Waals surface area contributed by atoms with E-state index in [2.05, 4.69) is 22.0 Å². The van der Waals surface area contributed by atoms with Crippen molar-refractivity contribution in [3.63, 3.8) is 0 Å². The normalized spacial score (nSPS) is 15.8. The van der Waals surface area contributed by atoms with Gasteiger partial charge in [0.1, 0.15) is 11.4 Å². The van der Waals surface area contributed by atoms with Crippen LogP contribution >= 0.6 is 0 Å². The number of methoxy groups -OCH3 is 2. The first-order valence-electron chi connectivity index (χ1n) is 14.1. The Morgan fingerprint density at radius 2 is 1.74 bits per heavy atom. The van der Waals surface area contributed by atoms with E-state index in [1.165, 1.54) is 20.3 Å². The smallest absolute Gasteiger partial charge is 0.354 e. The lowest BCUT2D eigenvalue weighted by molar-refractivity contribution is -0.116. The maximum absolute atomic E-state index is 13.0. The molecule has 1 atom stereocenters. The van der Waals surface area contributed by atoms with Crippen molar-refractivity contribution in [2.45, 2.75) is 38.6 Å². The molecule has 13 heteroatoms. The topological polar surface area (TPSA) is 147 Å². The Kier molecular flexibility index (Phi) is 8.60. The summed E-state index contributed by atoms with van der Waals surface area (Å²) in [5, 5.41) is 8.60. The van der Waals surface area contributed by atoms with E-state index in [0.717, 1.165) is 25.0 Å². The van der Waals surface area contributed by atoms with E-state index < -0.39 is 11.9 Å². The molecule has 43 heavy (non-hydrogen) atoms. The van der Waals surface area contributed by atoms with Crippen LogP contribution in [0.25, 0.3) is 0 Å². The van der Waals surface area contributed by atoms with Crippen LogP contribution in [0.15, 0.2) is 42.5 Å². The summed E-state index contributed by atoms with van der Waals surface area (Å²) in [4.78, 5) is 50.3. The largest absolute Gasteiger partial charge is 0.491 e. The Morgan fingerprint density at radius 1 is 1.02 bits per heavy atom. The lowest BCUT2D eigenvalue weighted by Gasteiger charge is -2.22. The number of hydrogen-bond acceptors (Lipinski definition) is 7. The molecule has 5 rings (SSSR count). The van der Waals surface area contributed by atoms with Gasteiger partial charge >= 0.3 is 5.97 Å². The van der Waals surface area contributed by atoms with Crippen LogP contribution in [0, 0.1) is 5.92 Å². The summed E-state index contributed by atoms with van der Waals surface area (Å²) >= 11 is 0. The second-order valence-corrected chi connectivity index (χ2v) is 10.7. The molecular formula is C30H36N6O7. The summed E-state index contributed by atoms with van der Waals surface area (Å²) in [6.45, 7) is 0.912. The number of carbonyl (C=O) groups is 4. The van der Waals surface area contributed by atoms with Gasteiger partial charge in [0.2, 0.25) is 5.91 Å². The average molecular weight is 593 g/mol. The number of carbonyl (C=O) groups excluding carboxylic acids is 4. The highest BCUT2D eigenvalue weighted by molar-refractivity contribution is 6.05. The van der Waals surface area contributed by atoms with E-state index in [-0.39, 0.29) is 30.8 Å². The first-order chi connectivity index (χ1) is 20.7. The summed E-state index contributed by atoms with van der Waals surface area (Å²) < 4.78 is 21.3. The van der Waals surface area contributed by atoms with Crippen molar-refractivity contribution in [3.8, 4) is 11.5 Å². The van der Waals surface area contributed by atoms with Crippen LogP contribution in [0.2, 0.25) is 0 Å². The molecule has 1 aliphatic carbocycles. The van der Waals surface area contributed by atoms with Crippen molar-refractivity contribution in [2.24, 2.45) is 20.0 Å². The molecule has 4 heterocycles. The van der Waals surface area contributed by atoms with Crippen LogP contribution in [0.5, 0.6) is 11.5 Å². The van der Waals surface area contributed by atoms with Crippen LogP contribution in [0.1, 0.15) is 63.6 Å². The molecule has 0 saturated heterocycles. The Labute approximate surface area is 248 Å². The van der Waals surface area contributed by atoms with Crippen molar-refractivity contribution in [2.75, 3.05) is 31.5 Å². The van der Waals surface area contributed by atoms with E-state index in [9.17, 15) is 19.2 Å². The number of esters is 1. The minimum atomic E-state index is -0.512. The number of allylic oxidation sites excluding steroid dienone is 2. The fourth-order valence-corrected chi connectivity index (χ4v) is 5.54. The third kappa shape index (κ3) is 6.30. The molecule has 1 aliphatic heterocycles. The van der Waals surface area contributed by atoms with Gasteiger partial charge in [0.15, 0.2) is 17.2 Å². The quantitative estimate of drug-likeness (QED) is 0.241. The van der Waals surface area contributed by atoms with Crippen LogP contribution < -0.4 is 25.4 Å². The molecule has 2 aliphatic rings. The van der Waals surface area contributed by atoms with E-state index in [0.29, 0.717) is 52.9 Å². The highest BCUT2D eigenvalue weighted by atomic mass is 16.5. The predicted molar refractivity (Wildman–Crippen MR) is 157 cm³/mol. The summed E-state index contributed by atoms with van der Waals surface area (Å²) in [7, 11) is 6.17. The highest BCUT2D eigenvalue weighted by Crippen LogP contribution is 2.38. The third-order valence-corrected chi connectivity index (χ3v) is 7.64. The van der Waals surface area contributed by atoms with E-state index in [1.54, 1.807) is 47.9 Å². The zero-order valence-corrected chi connectivity index (χ0v) is 24.7. The van der Waals surface area contributed by atoms with Gasteiger partial charge in [-0.1, -0.05) is 6.08 Å². The Bertz CT molecular complexity index is 1590. The fraction of sp³-hybridized carbons (Fsp3) is 0.400. The van der Waals surface area contributed by atoms with E-state index in [1.807, 2.05) is 4.57 Å². The van der Waals surface area contributed by atoms with Gasteiger partial charge in [-0.3, -0.25) is 14.4 Å². The van der Waals surface area contributed by atoms with Gasteiger partial charge in [0, 0.05) is 51.1 Å². The second-order valence-electron chi connectivity index (χ2n) is 10.7. The maximum atomic E-state index is 13.0. The summed E-state index contributed by atoms with van der Waals surface area (Å²) in [6, 6.07) is 3.10. The zero-order chi connectivity index (χ0) is 30.7. The van der Waals surface area contributed by atoms with Gasteiger partial charge in [-0.25, -0.2) is 4.79 Å². The summed E-state index contributed by atoms with van der Waals surface area (Å²) in [6.07, 6.45) is 10.8. The second kappa shape index (κ2) is 12.5. The Balaban J connectivity index is 1.13. The maximum Gasteiger partial charge on any atom is 0.354 e. The summed E-state index contributed by atoms with van der Waals surface area (Å²) in [5.74, 6) is -0.268. The number of rotatable bonds is 10. The Hall–Kier alpha value is -4.94. The number of nitrogens with zero attached hydrogens (tertiary/aromatic N) is 3. The molecule has 0 spiro atoms. The van der Waals surface area contributed by atoms with Gasteiger partial charge in [0.25, 0.3) is 11.8 Å². The number of fused-ring (bicyclic) bond motifs is 2. The number of anilines is 2. The first kappa shape index (κ1) is 29.5. The molecule has 0 aromatic carbocycles. The van der Waals surface area contributed by atoms with Crippen molar-refractivity contribution >= 4 is 35.1 Å². The number of aromatic nitrogens is 3. The van der Waals surface area contributed by atoms with Gasteiger partial charge in [-0.2, -0.15) is 0 Å². The van der Waals surface area contributed by atoms with Gasteiger partial charge in [0.05, 0.1) is 38.4 Å². The fourth-order valence-electron chi connectivity index (χ4n) is 5.54. The minimum Gasteiger partial charge on any atom is -0.491 e. The molecule has 228 valence electrons. The van der Waals surface area contributed by atoms with Crippen molar-refractivity contribution in [1.29, 1.82) is 0 Å². The molecule has 0 saturated carbocycles. The van der Waals surface area contributed by atoms with Crippen LogP contribution in [-0.4, -0.2) is 58.2 Å². The molecule has 0 radical (unpaired) electrons. The Morgan fingerprint density at radius 3 is 2.49 bits per heavy atom. The average Bonchev–Trinajstić information content (AvgIpc) is 3.62.